The number of aryl methyl sites for hydroxylation is 1. The highest BCUT2D eigenvalue weighted by atomic mass is 16.5. The van der Waals surface area contributed by atoms with Crippen LogP contribution in [0.15, 0.2) is 12.1 Å². The Kier molecular flexibility index (Phi) is 6.03. The standard InChI is InChI=1S/C17H23NO6/c1-22-14-10-12(9-11(5-4-8-19)15(14)23-2)16(20)18-7-6-13(18)17(21)24-3/h9-10,13,19H,4-8H2,1-3H3/t13-/m1/s1. The van der Waals surface area contributed by atoms with E-state index < -0.39 is 12.0 Å². The normalized spacial score (nSPS) is 16.3. The summed E-state index contributed by atoms with van der Waals surface area (Å²) in [7, 11) is 4.35. The Labute approximate surface area is 141 Å². The Morgan fingerprint density at radius 3 is 2.50 bits per heavy atom. The van der Waals surface area contributed by atoms with Crippen LogP contribution in [0, 0.1) is 0 Å². The lowest BCUT2D eigenvalue weighted by Crippen LogP contribution is -2.55. The summed E-state index contributed by atoms with van der Waals surface area (Å²) >= 11 is 0. The number of amides is 1. The van der Waals surface area contributed by atoms with Gasteiger partial charge in [-0.3, -0.25) is 4.79 Å². The summed E-state index contributed by atoms with van der Waals surface area (Å²) in [6.07, 6.45) is 1.70. The highest BCUT2D eigenvalue weighted by molar-refractivity contribution is 5.98. The summed E-state index contributed by atoms with van der Waals surface area (Å²) < 4.78 is 15.4. The molecule has 1 aliphatic heterocycles. The van der Waals surface area contributed by atoms with Gasteiger partial charge in [0.25, 0.3) is 5.91 Å². The fourth-order valence-corrected chi connectivity index (χ4v) is 2.80. The van der Waals surface area contributed by atoms with E-state index in [4.69, 9.17) is 19.3 Å². The molecule has 1 fully saturated rings. The van der Waals surface area contributed by atoms with E-state index in [2.05, 4.69) is 0 Å². The first kappa shape index (κ1) is 18.1. The molecular weight excluding hydrogens is 314 g/mol. The van der Waals surface area contributed by atoms with Gasteiger partial charge in [0.05, 0.1) is 21.3 Å². The average Bonchev–Trinajstić information content (AvgIpc) is 2.57. The lowest BCUT2D eigenvalue weighted by atomic mass is 9.98. The van der Waals surface area contributed by atoms with Crippen LogP contribution in [0.2, 0.25) is 0 Å². The highest BCUT2D eigenvalue weighted by Crippen LogP contribution is 2.34. The second kappa shape index (κ2) is 8.01. The fraction of sp³-hybridized carbons (Fsp3) is 0.529. The largest absolute Gasteiger partial charge is 0.493 e. The first-order valence-electron chi connectivity index (χ1n) is 7.81. The maximum Gasteiger partial charge on any atom is 0.328 e. The van der Waals surface area contributed by atoms with E-state index in [0.29, 0.717) is 42.9 Å². The van der Waals surface area contributed by atoms with Crippen LogP contribution in [0.25, 0.3) is 0 Å². The molecule has 0 saturated carbocycles. The van der Waals surface area contributed by atoms with Crippen LogP contribution in [-0.2, 0) is 16.0 Å². The molecule has 1 atom stereocenters. The quantitative estimate of drug-likeness (QED) is 0.748. The van der Waals surface area contributed by atoms with Gasteiger partial charge in [-0.15, -0.1) is 0 Å². The molecule has 2 rings (SSSR count). The Bertz CT molecular complexity index is 615. The van der Waals surface area contributed by atoms with Gasteiger partial charge in [-0.05, 0) is 37.0 Å². The molecule has 0 spiro atoms. The molecule has 7 heteroatoms. The van der Waals surface area contributed by atoms with Gasteiger partial charge in [0.2, 0.25) is 0 Å². The number of nitrogens with zero attached hydrogens (tertiary/aromatic N) is 1. The molecule has 1 aromatic rings. The van der Waals surface area contributed by atoms with Gasteiger partial charge in [0.1, 0.15) is 6.04 Å². The van der Waals surface area contributed by atoms with Crippen molar-refractivity contribution >= 4 is 11.9 Å². The molecule has 1 aromatic carbocycles. The molecule has 0 aromatic heterocycles. The molecule has 132 valence electrons. The van der Waals surface area contributed by atoms with Crippen LogP contribution >= 0.6 is 0 Å². The number of methoxy groups -OCH3 is 3. The van der Waals surface area contributed by atoms with Crippen molar-refractivity contribution in [3.63, 3.8) is 0 Å². The van der Waals surface area contributed by atoms with E-state index in [1.807, 2.05) is 0 Å². The molecule has 24 heavy (non-hydrogen) atoms. The van der Waals surface area contributed by atoms with Gasteiger partial charge in [0.15, 0.2) is 11.5 Å². The molecule has 1 aliphatic rings. The van der Waals surface area contributed by atoms with Crippen LogP contribution in [0.4, 0.5) is 0 Å². The number of aliphatic hydroxyl groups excluding tert-OH is 1. The van der Waals surface area contributed by atoms with Crippen molar-refractivity contribution in [2.75, 3.05) is 34.5 Å². The minimum absolute atomic E-state index is 0.0418. The van der Waals surface area contributed by atoms with Crippen molar-refractivity contribution in [3.05, 3.63) is 23.3 Å². The zero-order valence-electron chi connectivity index (χ0n) is 14.2. The minimum atomic E-state index is -0.531. The third-order valence-corrected chi connectivity index (χ3v) is 4.16. The van der Waals surface area contributed by atoms with Crippen LogP contribution < -0.4 is 9.47 Å². The Morgan fingerprint density at radius 1 is 1.25 bits per heavy atom. The van der Waals surface area contributed by atoms with Crippen molar-refractivity contribution < 1.29 is 28.9 Å². The molecule has 0 aliphatic carbocycles. The Morgan fingerprint density at radius 2 is 2.00 bits per heavy atom. The highest BCUT2D eigenvalue weighted by Gasteiger charge is 2.39. The molecular formula is C17H23NO6. The van der Waals surface area contributed by atoms with Gasteiger partial charge in [-0.25, -0.2) is 4.79 Å². The van der Waals surface area contributed by atoms with E-state index in [9.17, 15) is 9.59 Å². The predicted octanol–water partition coefficient (Wildman–Crippen LogP) is 1.02. The van der Waals surface area contributed by atoms with E-state index in [0.717, 1.165) is 5.56 Å². The van der Waals surface area contributed by atoms with Crippen LogP contribution in [0.1, 0.15) is 28.8 Å². The zero-order chi connectivity index (χ0) is 17.7. The minimum Gasteiger partial charge on any atom is -0.493 e. The number of carbonyl (C=O) groups is 2. The average molecular weight is 337 g/mol. The number of esters is 1. The smallest absolute Gasteiger partial charge is 0.328 e. The molecule has 0 unspecified atom stereocenters. The first-order valence-corrected chi connectivity index (χ1v) is 7.81. The Balaban J connectivity index is 2.32. The van der Waals surface area contributed by atoms with E-state index in [-0.39, 0.29) is 12.5 Å². The monoisotopic (exact) mass is 337 g/mol. The third kappa shape index (κ3) is 3.46. The summed E-state index contributed by atoms with van der Waals surface area (Å²) in [6, 6.07) is 2.80. The van der Waals surface area contributed by atoms with Gasteiger partial charge < -0.3 is 24.2 Å². The number of rotatable bonds is 7. The topological polar surface area (TPSA) is 85.3 Å². The van der Waals surface area contributed by atoms with E-state index >= 15 is 0 Å². The maximum absolute atomic E-state index is 12.7. The van der Waals surface area contributed by atoms with Crippen LogP contribution in [-0.4, -0.2) is 62.4 Å². The first-order chi connectivity index (χ1) is 11.6. The van der Waals surface area contributed by atoms with Crippen molar-refractivity contribution in [1.82, 2.24) is 4.90 Å². The van der Waals surface area contributed by atoms with Crippen LogP contribution in [0.3, 0.4) is 0 Å². The van der Waals surface area contributed by atoms with Gasteiger partial charge in [0, 0.05) is 18.7 Å². The molecule has 1 heterocycles. The number of hydrogen-bond acceptors (Lipinski definition) is 6. The number of aliphatic hydroxyl groups is 1. The molecule has 0 radical (unpaired) electrons. The summed E-state index contributed by atoms with van der Waals surface area (Å²) in [4.78, 5) is 25.9. The summed E-state index contributed by atoms with van der Waals surface area (Å²) in [6.45, 7) is 0.555. The van der Waals surface area contributed by atoms with E-state index in [1.54, 1.807) is 12.1 Å². The van der Waals surface area contributed by atoms with Crippen molar-refractivity contribution in [1.29, 1.82) is 0 Å². The van der Waals surface area contributed by atoms with Gasteiger partial charge in [-0.2, -0.15) is 0 Å². The van der Waals surface area contributed by atoms with E-state index in [1.165, 1.54) is 26.2 Å². The number of benzene rings is 1. The fourth-order valence-electron chi connectivity index (χ4n) is 2.80. The Hall–Kier alpha value is -2.28. The van der Waals surface area contributed by atoms with Crippen molar-refractivity contribution in [3.8, 4) is 11.5 Å². The second-order valence-electron chi connectivity index (χ2n) is 5.52. The lowest BCUT2D eigenvalue weighted by Gasteiger charge is -2.38. The maximum atomic E-state index is 12.7. The number of carbonyl (C=O) groups excluding carboxylic acids is 2. The SMILES string of the molecule is COC(=O)[C@H]1CCN1C(=O)c1cc(CCCO)c(OC)c(OC)c1. The summed E-state index contributed by atoms with van der Waals surface area (Å²) in [5.74, 6) is 0.348. The third-order valence-electron chi connectivity index (χ3n) is 4.16. The van der Waals surface area contributed by atoms with Gasteiger partial charge >= 0.3 is 5.97 Å². The predicted molar refractivity (Wildman–Crippen MR) is 86.4 cm³/mol. The van der Waals surface area contributed by atoms with Crippen molar-refractivity contribution in [2.45, 2.75) is 25.3 Å². The molecule has 1 saturated heterocycles. The van der Waals surface area contributed by atoms with Gasteiger partial charge in [-0.1, -0.05) is 0 Å². The molecule has 7 nitrogen and oxygen atoms in total. The number of hydrogen-bond donors (Lipinski definition) is 1. The summed E-state index contributed by atoms with van der Waals surface area (Å²) in [5.41, 5.74) is 1.21. The van der Waals surface area contributed by atoms with Crippen molar-refractivity contribution in [2.24, 2.45) is 0 Å². The summed E-state index contributed by atoms with van der Waals surface area (Å²) in [5, 5.41) is 9.06. The number of likely N-dealkylation sites (tertiary alicyclic amines) is 1. The molecule has 1 amide bonds. The second-order valence-corrected chi connectivity index (χ2v) is 5.52. The molecule has 0 bridgehead atoms. The molecule has 1 N–H and O–H groups in total. The lowest BCUT2D eigenvalue weighted by molar-refractivity contribution is -0.149. The zero-order valence-corrected chi connectivity index (χ0v) is 14.2. The number of ether oxygens (including phenoxy) is 3. The van der Waals surface area contributed by atoms with Crippen LogP contribution in [0.5, 0.6) is 11.5 Å².